The molecule has 0 unspecified atom stereocenters. The number of hydrogen-bond donors (Lipinski definition) is 3. The number of amides is 1. The molecule has 0 bridgehead atoms. The van der Waals surface area contributed by atoms with Crippen molar-refractivity contribution in [2.45, 2.75) is 27.7 Å². The van der Waals surface area contributed by atoms with E-state index < -0.39 is 11.7 Å². The number of nitrogen functional groups attached to an aromatic ring is 1. The van der Waals surface area contributed by atoms with E-state index in [4.69, 9.17) is 11.5 Å². The highest BCUT2D eigenvalue weighted by molar-refractivity contribution is 5.99. The van der Waals surface area contributed by atoms with Gasteiger partial charge in [-0.1, -0.05) is 27.7 Å². The predicted molar refractivity (Wildman–Crippen MR) is 81.0 cm³/mol. The minimum Gasteiger partial charge on any atom is -0.398 e. The van der Waals surface area contributed by atoms with Crippen LogP contribution in [0.3, 0.4) is 0 Å². The van der Waals surface area contributed by atoms with E-state index in [0.717, 1.165) is 6.07 Å². The smallest absolute Gasteiger partial charge is 0.250 e. The van der Waals surface area contributed by atoms with Crippen molar-refractivity contribution in [2.75, 3.05) is 17.6 Å². The Morgan fingerprint density at radius 1 is 1.25 bits per heavy atom. The van der Waals surface area contributed by atoms with Crippen molar-refractivity contribution >= 4 is 17.3 Å². The van der Waals surface area contributed by atoms with Crippen LogP contribution in [-0.2, 0) is 0 Å². The number of nitrogens with two attached hydrogens (primary N) is 2. The van der Waals surface area contributed by atoms with Crippen LogP contribution in [-0.4, -0.2) is 12.5 Å². The molecule has 0 saturated heterocycles. The summed E-state index contributed by atoms with van der Waals surface area (Å²) in [6.45, 7) is 9.19. The highest BCUT2D eigenvalue weighted by atomic mass is 19.1. The molecule has 1 aromatic carbocycles. The van der Waals surface area contributed by atoms with E-state index >= 15 is 0 Å². The van der Waals surface area contributed by atoms with Crippen molar-refractivity contribution in [3.8, 4) is 0 Å². The Morgan fingerprint density at radius 3 is 2.25 bits per heavy atom. The van der Waals surface area contributed by atoms with Crippen LogP contribution in [0.4, 0.5) is 15.8 Å². The summed E-state index contributed by atoms with van der Waals surface area (Å²) < 4.78 is 13.9. The van der Waals surface area contributed by atoms with Gasteiger partial charge in [0.1, 0.15) is 5.82 Å². The Balaban J connectivity index is 2.92. The van der Waals surface area contributed by atoms with Crippen LogP contribution in [0.1, 0.15) is 38.1 Å². The third-order valence-electron chi connectivity index (χ3n) is 3.65. The normalized spacial score (nSPS) is 11.4. The molecule has 4 nitrogen and oxygen atoms in total. The lowest BCUT2D eigenvalue weighted by Crippen LogP contribution is -2.25. The molecule has 0 spiro atoms. The van der Waals surface area contributed by atoms with Gasteiger partial charge in [0.15, 0.2) is 0 Å². The van der Waals surface area contributed by atoms with Gasteiger partial charge in [-0.05, 0) is 29.9 Å². The van der Waals surface area contributed by atoms with Gasteiger partial charge in [0.05, 0.1) is 11.3 Å². The average Bonchev–Trinajstić information content (AvgIpc) is 2.30. The molecule has 0 atom stereocenters. The summed E-state index contributed by atoms with van der Waals surface area (Å²) in [5, 5.41) is 3.06. The van der Waals surface area contributed by atoms with Gasteiger partial charge in [0.2, 0.25) is 0 Å². The molecule has 0 aliphatic heterocycles. The zero-order valence-corrected chi connectivity index (χ0v) is 12.5. The maximum absolute atomic E-state index is 13.9. The van der Waals surface area contributed by atoms with Crippen LogP contribution in [0.5, 0.6) is 0 Å². The minimum atomic E-state index is -0.658. The van der Waals surface area contributed by atoms with E-state index in [9.17, 15) is 9.18 Å². The first-order valence-electron chi connectivity index (χ1n) is 6.86. The number of nitrogens with one attached hydrogen (secondary N) is 1. The van der Waals surface area contributed by atoms with Gasteiger partial charge in [-0.15, -0.1) is 0 Å². The topological polar surface area (TPSA) is 81.1 Å². The Hall–Kier alpha value is -1.78. The molecule has 0 aliphatic carbocycles. The fraction of sp³-hybridized carbons (Fsp3) is 0.533. The molecule has 20 heavy (non-hydrogen) atoms. The maximum Gasteiger partial charge on any atom is 0.250 e. The van der Waals surface area contributed by atoms with Crippen LogP contribution < -0.4 is 16.8 Å². The molecule has 0 radical (unpaired) electrons. The summed E-state index contributed by atoms with van der Waals surface area (Å²) in [7, 11) is 0. The average molecular weight is 281 g/mol. The third kappa shape index (κ3) is 3.85. The standard InChI is InChI=1S/C15H24FN3O/c1-8(2)11(9(3)4)7-19-14-5-10(15(18)20)13(17)6-12(14)16/h5-6,8-9,11,19H,7,17H2,1-4H3,(H2,18,20). The molecule has 0 aliphatic rings. The van der Waals surface area contributed by atoms with Gasteiger partial charge in [0, 0.05) is 12.2 Å². The summed E-state index contributed by atoms with van der Waals surface area (Å²) in [6, 6.07) is 2.51. The fourth-order valence-electron chi connectivity index (χ4n) is 2.41. The van der Waals surface area contributed by atoms with E-state index in [-0.39, 0.29) is 16.9 Å². The first kappa shape index (κ1) is 16.3. The molecule has 1 rings (SSSR count). The van der Waals surface area contributed by atoms with Crippen LogP contribution >= 0.6 is 0 Å². The summed E-state index contributed by atoms with van der Waals surface area (Å²) in [5.74, 6) is 0.238. The Bertz CT molecular complexity index is 478. The number of primary amides is 1. The first-order valence-corrected chi connectivity index (χ1v) is 6.86. The van der Waals surface area contributed by atoms with Crippen molar-refractivity contribution < 1.29 is 9.18 Å². The summed E-state index contributed by atoms with van der Waals surface area (Å²) in [5.41, 5.74) is 11.3. The second-order valence-electron chi connectivity index (χ2n) is 5.82. The zero-order chi connectivity index (χ0) is 15.4. The highest BCUT2D eigenvalue weighted by Gasteiger charge is 2.18. The molecular weight excluding hydrogens is 257 g/mol. The van der Waals surface area contributed by atoms with E-state index in [1.807, 2.05) is 0 Å². The Labute approximate surface area is 119 Å². The molecule has 1 amide bonds. The van der Waals surface area contributed by atoms with Gasteiger partial charge in [-0.3, -0.25) is 4.79 Å². The van der Waals surface area contributed by atoms with Gasteiger partial charge in [0.25, 0.3) is 5.91 Å². The quantitative estimate of drug-likeness (QED) is 0.701. The number of halogens is 1. The number of carbonyl (C=O) groups excluding carboxylic acids is 1. The highest BCUT2D eigenvalue weighted by Crippen LogP contribution is 2.25. The van der Waals surface area contributed by atoms with Crippen LogP contribution in [0.2, 0.25) is 0 Å². The predicted octanol–water partition coefficient (Wildman–Crippen LogP) is 2.85. The molecule has 5 heteroatoms. The molecule has 5 N–H and O–H groups in total. The number of carbonyl (C=O) groups is 1. The van der Waals surface area contributed by atoms with Crippen molar-refractivity contribution in [1.29, 1.82) is 0 Å². The van der Waals surface area contributed by atoms with E-state index in [2.05, 4.69) is 33.0 Å². The SMILES string of the molecule is CC(C)C(CNc1cc(C(N)=O)c(N)cc1F)C(C)C. The molecule has 112 valence electrons. The second-order valence-corrected chi connectivity index (χ2v) is 5.82. The van der Waals surface area contributed by atoms with E-state index in [0.29, 0.717) is 24.3 Å². The number of anilines is 2. The zero-order valence-electron chi connectivity index (χ0n) is 12.5. The maximum atomic E-state index is 13.9. The van der Waals surface area contributed by atoms with Crippen LogP contribution in [0, 0.1) is 23.6 Å². The number of benzene rings is 1. The summed E-state index contributed by atoms with van der Waals surface area (Å²) in [6.07, 6.45) is 0. The second kappa shape index (κ2) is 6.59. The molecule has 0 heterocycles. The van der Waals surface area contributed by atoms with Gasteiger partial charge >= 0.3 is 0 Å². The van der Waals surface area contributed by atoms with E-state index in [1.165, 1.54) is 6.07 Å². The fourth-order valence-corrected chi connectivity index (χ4v) is 2.41. The Kier molecular flexibility index (Phi) is 5.36. The monoisotopic (exact) mass is 281 g/mol. The van der Waals surface area contributed by atoms with Crippen molar-refractivity contribution in [3.63, 3.8) is 0 Å². The lowest BCUT2D eigenvalue weighted by molar-refractivity contribution is 0.100. The molecule has 1 aromatic rings. The minimum absolute atomic E-state index is 0.0600. The molecular formula is C15H24FN3O. The van der Waals surface area contributed by atoms with Gasteiger partial charge in [-0.25, -0.2) is 4.39 Å². The summed E-state index contributed by atoms with van der Waals surface area (Å²) >= 11 is 0. The number of hydrogen-bond acceptors (Lipinski definition) is 3. The lowest BCUT2D eigenvalue weighted by atomic mass is 9.85. The van der Waals surface area contributed by atoms with Crippen molar-refractivity contribution in [3.05, 3.63) is 23.5 Å². The van der Waals surface area contributed by atoms with Gasteiger partial charge < -0.3 is 16.8 Å². The van der Waals surface area contributed by atoms with Crippen LogP contribution in [0.25, 0.3) is 0 Å². The Morgan fingerprint density at radius 2 is 1.80 bits per heavy atom. The largest absolute Gasteiger partial charge is 0.398 e. The third-order valence-corrected chi connectivity index (χ3v) is 3.65. The molecule has 0 aromatic heterocycles. The van der Waals surface area contributed by atoms with E-state index in [1.54, 1.807) is 0 Å². The molecule has 0 fully saturated rings. The van der Waals surface area contributed by atoms with Gasteiger partial charge in [-0.2, -0.15) is 0 Å². The van der Waals surface area contributed by atoms with Crippen molar-refractivity contribution in [1.82, 2.24) is 0 Å². The summed E-state index contributed by atoms with van der Waals surface area (Å²) in [4.78, 5) is 11.2. The van der Waals surface area contributed by atoms with Crippen molar-refractivity contribution in [2.24, 2.45) is 23.5 Å². The number of rotatable bonds is 6. The lowest BCUT2D eigenvalue weighted by Gasteiger charge is -2.25. The molecule has 0 saturated carbocycles. The van der Waals surface area contributed by atoms with Crippen LogP contribution in [0.15, 0.2) is 12.1 Å². The first-order chi connectivity index (χ1) is 9.23.